The second kappa shape index (κ2) is 8.60. The minimum absolute atomic E-state index is 0.0204. The Bertz CT molecular complexity index is 258. The van der Waals surface area contributed by atoms with Crippen LogP contribution in [-0.2, 0) is 9.53 Å². The molecular weight excluding hydrogens is 236 g/mol. The van der Waals surface area contributed by atoms with Gasteiger partial charge in [0.05, 0.1) is 12.0 Å². The third-order valence-electron chi connectivity index (χ3n) is 4.63. The largest absolute Gasteiger partial charge is 0.465 e. The Morgan fingerprint density at radius 2 is 1.47 bits per heavy atom. The van der Waals surface area contributed by atoms with E-state index in [9.17, 15) is 4.79 Å². The molecule has 0 aliphatic heterocycles. The van der Waals surface area contributed by atoms with Crippen LogP contribution in [-0.4, -0.2) is 12.6 Å². The number of carbonyl (C=O) groups excluding carboxylic acids is 1. The molecule has 0 aromatic heterocycles. The van der Waals surface area contributed by atoms with Gasteiger partial charge in [0.15, 0.2) is 0 Å². The molecule has 0 saturated carbocycles. The van der Waals surface area contributed by atoms with Crippen molar-refractivity contribution in [1.82, 2.24) is 0 Å². The van der Waals surface area contributed by atoms with E-state index in [1.807, 2.05) is 0 Å². The van der Waals surface area contributed by atoms with Crippen molar-refractivity contribution in [2.45, 2.75) is 86.5 Å². The lowest BCUT2D eigenvalue weighted by Gasteiger charge is -2.42. The van der Waals surface area contributed by atoms with E-state index in [0.717, 1.165) is 32.1 Å². The number of rotatable bonds is 10. The smallest absolute Gasteiger partial charge is 0.312 e. The molecule has 0 amide bonds. The second-order valence-electron chi connectivity index (χ2n) is 6.53. The molecule has 19 heavy (non-hydrogen) atoms. The summed E-state index contributed by atoms with van der Waals surface area (Å²) in [6.45, 7) is 13.5. The molecule has 0 radical (unpaired) electrons. The molecule has 0 aromatic rings. The highest BCUT2D eigenvalue weighted by atomic mass is 16.5. The number of unbranched alkanes of at least 4 members (excludes halogenated alkanes) is 2. The third-order valence-corrected chi connectivity index (χ3v) is 4.63. The Labute approximate surface area is 120 Å². The van der Waals surface area contributed by atoms with Crippen LogP contribution in [0.25, 0.3) is 0 Å². The SMILES string of the molecule is CCCCOC(=O)C(C)(C)C(C)(CCC)CCCC. The van der Waals surface area contributed by atoms with E-state index in [1.54, 1.807) is 0 Å². The summed E-state index contributed by atoms with van der Waals surface area (Å²) in [5.74, 6) is -0.0204. The van der Waals surface area contributed by atoms with Crippen LogP contribution < -0.4 is 0 Å². The van der Waals surface area contributed by atoms with Gasteiger partial charge in [0.1, 0.15) is 0 Å². The van der Waals surface area contributed by atoms with Gasteiger partial charge in [0, 0.05) is 0 Å². The highest BCUT2D eigenvalue weighted by molar-refractivity contribution is 5.77. The summed E-state index contributed by atoms with van der Waals surface area (Å²) in [7, 11) is 0. The van der Waals surface area contributed by atoms with Gasteiger partial charge in [0.2, 0.25) is 0 Å². The first-order chi connectivity index (χ1) is 8.85. The molecule has 0 aliphatic carbocycles. The summed E-state index contributed by atoms with van der Waals surface area (Å²) in [6, 6.07) is 0. The maximum atomic E-state index is 12.4. The number of hydrogen-bond acceptors (Lipinski definition) is 2. The van der Waals surface area contributed by atoms with Crippen molar-refractivity contribution in [1.29, 1.82) is 0 Å². The highest BCUT2D eigenvalue weighted by Crippen LogP contribution is 2.47. The summed E-state index contributed by atoms with van der Waals surface area (Å²) in [4.78, 5) is 12.4. The molecule has 0 rings (SSSR count). The number of esters is 1. The van der Waals surface area contributed by atoms with Gasteiger partial charge in [0.25, 0.3) is 0 Å². The Balaban J connectivity index is 4.79. The van der Waals surface area contributed by atoms with E-state index in [0.29, 0.717) is 6.61 Å². The fourth-order valence-electron chi connectivity index (χ4n) is 2.60. The van der Waals surface area contributed by atoms with E-state index < -0.39 is 5.41 Å². The zero-order valence-corrected chi connectivity index (χ0v) is 14.0. The van der Waals surface area contributed by atoms with Crippen LogP contribution in [0.3, 0.4) is 0 Å². The summed E-state index contributed by atoms with van der Waals surface area (Å²) < 4.78 is 5.48. The molecule has 0 aliphatic rings. The maximum Gasteiger partial charge on any atom is 0.312 e. The van der Waals surface area contributed by atoms with Crippen LogP contribution in [0.1, 0.15) is 86.5 Å². The molecule has 0 aromatic carbocycles. The molecule has 0 fully saturated rings. The van der Waals surface area contributed by atoms with Gasteiger partial charge in [-0.3, -0.25) is 4.79 Å². The maximum absolute atomic E-state index is 12.4. The Hall–Kier alpha value is -0.530. The van der Waals surface area contributed by atoms with Crippen molar-refractivity contribution in [2.24, 2.45) is 10.8 Å². The van der Waals surface area contributed by atoms with Gasteiger partial charge in [-0.25, -0.2) is 0 Å². The predicted molar refractivity (Wildman–Crippen MR) is 82.2 cm³/mol. The summed E-state index contributed by atoms with van der Waals surface area (Å²) in [5, 5.41) is 0. The molecule has 114 valence electrons. The minimum Gasteiger partial charge on any atom is -0.465 e. The molecule has 0 saturated heterocycles. The molecule has 0 heterocycles. The van der Waals surface area contributed by atoms with Gasteiger partial charge in [-0.15, -0.1) is 0 Å². The second-order valence-corrected chi connectivity index (χ2v) is 6.53. The van der Waals surface area contributed by atoms with Crippen LogP contribution >= 0.6 is 0 Å². The Kier molecular flexibility index (Phi) is 8.36. The van der Waals surface area contributed by atoms with Gasteiger partial charge in [-0.1, -0.05) is 53.4 Å². The predicted octanol–water partition coefficient (Wildman–Crippen LogP) is 5.35. The van der Waals surface area contributed by atoms with E-state index in [2.05, 4.69) is 41.5 Å². The highest BCUT2D eigenvalue weighted by Gasteiger charge is 2.46. The lowest BCUT2D eigenvalue weighted by atomic mass is 9.62. The molecule has 2 nitrogen and oxygen atoms in total. The lowest BCUT2D eigenvalue weighted by Crippen LogP contribution is -2.43. The van der Waals surface area contributed by atoms with Crippen molar-refractivity contribution < 1.29 is 9.53 Å². The standard InChI is InChI=1S/C17H34O2/c1-7-10-13-17(6,12-9-3)16(4,5)15(18)19-14-11-8-2/h7-14H2,1-6H3. The molecule has 0 bridgehead atoms. The average Bonchev–Trinajstić information content (AvgIpc) is 2.36. The van der Waals surface area contributed by atoms with E-state index in [-0.39, 0.29) is 11.4 Å². The number of hydrogen-bond donors (Lipinski definition) is 0. The van der Waals surface area contributed by atoms with E-state index >= 15 is 0 Å². The first kappa shape index (κ1) is 18.5. The summed E-state index contributed by atoms with van der Waals surface area (Å²) in [6.07, 6.45) is 7.70. The average molecular weight is 270 g/mol. The van der Waals surface area contributed by atoms with E-state index in [4.69, 9.17) is 4.74 Å². The quantitative estimate of drug-likeness (QED) is 0.395. The summed E-state index contributed by atoms with van der Waals surface area (Å²) >= 11 is 0. The van der Waals surface area contributed by atoms with Crippen molar-refractivity contribution in [3.05, 3.63) is 0 Å². The zero-order chi connectivity index (χ0) is 14.9. The van der Waals surface area contributed by atoms with E-state index in [1.165, 1.54) is 12.8 Å². The van der Waals surface area contributed by atoms with Crippen molar-refractivity contribution in [3.63, 3.8) is 0 Å². The van der Waals surface area contributed by atoms with Crippen molar-refractivity contribution in [2.75, 3.05) is 6.61 Å². The minimum atomic E-state index is -0.397. The van der Waals surface area contributed by atoms with Crippen LogP contribution in [0.5, 0.6) is 0 Å². The Morgan fingerprint density at radius 3 is 1.95 bits per heavy atom. The molecule has 0 N–H and O–H groups in total. The van der Waals surface area contributed by atoms with Crippen LogP contribution in [0.4, 0.5) is 0 Å². The Morgan fingerprint density at radius 1 is 0.895 bits per heavy atom. The first-order valence-electron chi connectivity index (χ1n) is 8.03. The van der Waals surface area contributed by atoms with Crippen molar-refractivity contribution in [3.8, 4) is 0 Å². The van der Waals surface area contributed by atoms with Crippen LogP contribution in [0.2, 0.25) is 0 Å². The molecular formula is C17H34O2. The first-order valence-corrected chi connectivity index (χ1v) is 8.03. The van der Waals surface area contributed by atoms with Gasteiger partial charge in [-0.05, 0) is 38.5 Å². The van der Waals surface area contributed by atoms with Gasteiger partial charge >= 0.3 is 5.97 Å². The molecule has 1 atom stereocenters. The van der Waals surface area contributed by atoms with Crippen LogP contribution in [0, 0.1) is 10.8 Å². The molecule has 1 unspecified atom stereocenters. The fourth-order valence-corrected chi connectivity index (χ4v) is 2.60. The van der Waals surface area contributed by atoms with Crippen molar-refractivity contribution >= 4 is 5.97 Å². The fraction of sp³-hybridized carbons (Fsp3) is 0.941. The topological polar surface area (TPSA) is 26.3 Å². The monoisotopic (exact) mass is 270 g/mol. The normalized spacial score (nSPS) is 15.1. The van der Waals surface area contributed by atoms with Gasteiger partial charge in [-0.2, -0.15) is 0 Å². The van der Waals surface area contributed by atoms with Gasteiger partial charge < -0.3 is 4.74 Å². The zero-order valence-electron chi connectivity index (χ0n) is 14.0. The third kappa shape index (κ3) is 5.16. The number of ether oxygens (including phenoxy) is 1. The summed E-state index contributed by atoms with van der Waals surface area (Å²) in [5.41, 5.74) is -0.354. The van der Waals surface area contributed by atoms with Crippen LogP contribution in [0.15, 0.2) is 0 Å². The molecule has 2 heteroatoms. The molecule has 0 spiro atoms. The number of carbonyl (C=O) groups is 1. The lowest BCUT2D eigenvalue weighted by molar-refractivity contribution is -0.162.